The number of aliphatic hydroxyl groups excluding tert-OH is 1. The van der Waals surface area contributed by atoms with Crippen molar-refractivity contribution in [3.05, 3.63) is 65.7 Å². The summed E-state index contributed by atoms with van der Waals surface area (Å²) < 4.78 is 13.3. The second-order valence-electron chi connectivity index (χ2n) is 7.61. The monoisotopic (exact) mass is 370 g/mol. The van der Waals surface area contributed by atoms with Crippen molar-refractivity contribution in [3.63, 3.8) is 0 Å². The number of hydrogen-bond acceptors (Lipinski definition) is 3. The molecular formula is C22H27FN2O2. The highest BCUT2D eigenvalue weighted by Crippen LogP contribution is 2.35. The first-order valence-electron chi connectivity index (χ1n) is 9.65. The normalized spacial score (nSPS) is 17.3. The van der Waals surface area contributed by atoms with Gasteiger partial charge in [-0.15, -0.1) is 0 Å². The van der Waals surface area contributed by atoms with Gasteiger partial charge in [-0.25, -0.2) is 4.39 Å². The number of hydrogen-bond donors (Lipinski definition) is 2. The van der Waals surface area contributed by atoms with Crippen LogP contribution >= 0.6 is 0 Å². The Morgan fingerprint density at radius 3 is 2.56 bits per heavy atom. The van der Waals surface area contributed by atoms with Gasteiger partial charge in [0.25, 0.3) is 0 Å². The van der Waals surface area contributed by atoms with Gasteiger partial charge >= 0.3 is 0 Å². The second-order valence-corrected chi connectivity index (χ2v) is 7.61. The minimum absolute atomic E-state index is 0.0936. The molecule has 0 saturated heterocycles. The molecule has 1 heterocycles. The van der Waals surface area contributed by atoms with Gasteiger partial charge in [-0.2, -0.15) is 0 Å². The molecule has 1 unspecified atom stereocenters. The van der Waals surface area contributed by atoms with Gasteiger partial charge in [-0.1, -0.05) is 37.5 Å². The van der Waals surface area contributed by atoms with Crippen molar-refractivity contribution in [3.8, 4) is 0 Å². The lowest BCUT2D eigenvalue weighted by atomic mass is 9.74. The summed E-state index contributed by atoms with van der Waals surface area (Å²) in [7, 11) is 0. The number of rotatable bonds is 7. The van der Waals surface area contributed by atoms with E-state index in [0.717, 1.165) is 36.8 Å². The fourth-order valence-electron chi connectivity index (χ4n) is 3.90. The Kier molecular flexibility index (Phi) is 6.56. The smallest absolute Gasteiger partial charge is 0.227 e. The lowest BCUT2D eigenvalue weighted by Gasteiger charge is -2.36. The van der Waals surface area contributed by atoms with Crippen LogP contribution in [0.5, 0.6) is 0 Å². The van der Waals surface area contributed by atoms with Crippen molar-refractivity contribution in [2.45, 2.75) is 44.4 Å². The zero-order chi connectivity index (χ0) is 19.1. The Hall–Kier alpha value is -2.27. The van der Waals surface area contributed by atoms with Crippen LogP contribution in [-0.4, -0.2) is 29.1 Å². The number of halogens is 1. The Morgan fingerprint density at radius 2 is 1.93 bits per heavy atom. The molecule has 144 valence electrons. The number of amides is 1. The minimum Gasteiger partial charge on any atom is -0.396 e. The van der Waals surface area contributed by atoms with Gasteiger partial charge in [0, 0.05) is 24.4 Å². The topological polar surface area (TPSA) is 62.2 Å². The summed E-state index contributed by atoms with van der Waals surface area (Å²) in [5.41, 5.74) is 1.52. The molecular weight excluding hydrogens is 343 g/mol. The quantitative estimate of drug-likeness (QED) is 0.783. The van der Waals surface area contributed by atoms with E-state index in [4.69, 9.17) is 0 Å². The van der Waals surface area contributed by atoms with Crippen molar-refractivity contribution >= 4 is 5.91 Å². The third kappa shape index (κ3) is 5.13. The average molecular weight is 370 g/mol. The van der Waals surface area contributed by atoms with Gasteiger partial charge in [0.1, 0.15) is 5.82 Å². The van der Waals surface area contributed by atoms with Gasteiger partial charge in [0.2, 0.25) is 5.91 Å². The summed E-state index contributed by atoms with van der Waals surface area (Å²) in [4.78, 5) is 17.2. The maximum absolute atomic E-state index is 13.3. The van der Waals surface area contributed by atoms with E-state index in [1.807, 2.05) is 12.1 Å². The van der Waals surface area contributed by atoms with Gasteiger partial charge < -0.3 is 10.4 Å². The Bertz CT molecular complexity index is 728. The van der Waals surface area contributed by atoms with Crippen molar-refractivity contribution < 1.29 is 14.3 Å². The molecule has 1 atom stereocenters. The Balaban J connectivity index is 1.74. The van der Waals surface area contributed by atoms with Crippen LogP contribution in [0.4, 0.5) is 4.39 Å². The molecule has 4 nitrogen and oxygen atoms in total. The molecule has 2 N–H and O–H groups in total. The molecule has 1 aliphatic rings. The highest BCUT2D eigenvalue weighted by atomic mass is 19.1. The highest BCUT2D eigenvalue weighted by molar-refractivity contribution is 5.84. The zero-order valence-corrected chi connectivity index (χ0v) is 15.5. The molecule has 1 amide bonds. The Morgan fingerprint density at radius 1 is 1.19 bits per heavy atom. The predicted molar refractivity (Wildman–Crippen MR) is 103 cm³/mol. The van der Waals surface area contributed by atoms with Crippen molar-refractivity contribution in [2.75, 3.05) is 13.2 Å². The molecule has 0 aliphatic heterocycles. The van der Waals surface area contributed by atoms with Gasteiger partial charge in [0.15, 0.2) is 0 Å². The molecule has 1 aliphatic carbocycles. The van der Waals surface area contributed by atoms with E-state index in [1.54, 1.807) is 24.5 Å². The molecule has 1 aromatic carbocycles. The van der Waals surface area contributed by atoms with E-state index < -0.39 is 5.92 Å². The maximum Gasteiger partial charge on any atom is 0.227 e. The fourth-order valence-corrected chi connectivity index (χ4v) is 3.90. The third-order valence-electron chi connectivity index (χ3n) is 5.64. The molecule has 5 heteroatoms. The van der Waals surface area contributed by atoms with E-state index in [-0.39, 0.29) is 23.7 Å². The molecule has 27 heavy (non-hydrogen) atoms. The number of benzene rings is 1. The first-order chi connectivity index (χ1) is 13.1. The minimum atomic E-state index is -0.422. The fraction of sp³-hybridized carbons (Fsp3) is 0.455. The molecule has 1 aromatic heterocycles. The number of nitrogens with zero attached hydrogens (tertiary/aromatic N) is 1. The summed E-state index contributed by atoms with van der Waals surface area (Å²) in [5.74, 6) is -0.835. The van der Waals surface area contributed by atoms with Crippen LogP contribution in [0.1, 0.15) is 49.1 Å². The van der Waals surface area contributed by atoms with Gasteiger partial charge in [-0.05, 0) is 48.6 Å². The number of carbonyl (C=O) groups excluding carboxylic acids is 1. The lowest BCUT2D eigenvalue weighted by molar-refractivity contribution is -0.123. The third-order valence-corrected chi connectivity index (χ3v) is 5.64. The predicted octanol–water partition coefficient (Wildman–Crippen LogP) is 3.61. The molecule has 3 rings (SSSR count). The summed E-state index contributed by atoms with van der Waals surface area (Å²) in [6.45, 7) is 0.574. The molecule has 0 radical (unpaired) electrons. The van der Waals surface area contributed by atoms with E-state index in [2.05, 4.69) is 10.3 Å². The number of pyridine rings is 1. The number of carbonyl (C=O) groups is 1. The van der Waals surface area contributed by atoms with Crippen LogP contribution in [0.2, 0.25) is 0 Å². The standard InChI is InChI=1S/C22H27FN2O2/c23-19-8-6-18(7-9-19)20(13-17-5-4-12-24-14-17)21(27)25-15-22(16-26)10-2-1-3-11-22/h4-9,12,14,20,26H,1-3,10-11,13,15-16H2,(H,25,27). The number of aromatic nitrogens is 1. The molecule has 0 spiro atoms. The van der Waals surface area contributed by atoms with E-state index in [0.29, 0.717) is 13.0 Å². The summed E-state index contributed by atoms with van der Waals surface area (Å²) in [6.07, 6.45) is 9.19. The van der Waals surface area contributed by atoms with Crippen molar-refractivity contribution in [2.24, 2.45) is 5.41 Å². The SMILES string of the molecule is O=C(NCC1(CO)CCCCC1)C(Cc1cccnc1)c1ccc(F)cc1. The lowest BCUT2D eigenvalue weighted by Crippen LogP contribution is -2.43. The summed E-state index contributed by atoms with van der Waals surface area (Å²) in [6, 6.07) is 9.88. The van der Waals surface area contributed by atoms with Crippen LogP contribution in [0, 0.1) is 11.2 Å². The zero-order valence-electron chi connectivity index (χ0n) is 15.5. The molecule has 2 aromatic rings. The maximum atomic E-state index is 13.3. The van der Waals surface area contributed by atoms with E-state index in [1.165, 1.54) is 18.6 Å². The number of nitrogens with one attached hydrogen (secondary N) is 1. The summed E-state index contributed by atoms with van der Waals surface area (Å²) >= 11 is 0. The summed E-state index contributed by atoms with van der Waals surface area (Å²) in [5, 5.41) is 12.9. The van der Waals surface area contributed by atoms with Crippen LogP contribution < -0.4 is 5.32 Å². The van der Waals surface area contributed by atoms with E-state index >= 15 is 0 Å². The van der Waals surface area contributed by atoms with Gasteiger partial charge in [-0.3, -0.25) is 9.78 Å². The first-order valence-corrected chi connectivity index (χ1v) is 9.65. The van der Waals surface area contributed by atoms with Crippen LogP contribution in [0.3, 0.4) is 0 Å². The first kappa shape index (κ1) is 19.5. The largest absolute Gasteiger partial charge is 0.396 e. The van der Waals surface area contributed by atoms with Crippen LogP contribution in [0.15, 0.2) is 48.8 Å². The molecule has 0 bridgehead atoms. The molecule has 1 fully saturated rings. The van der Waals surface area contributed by atoms with Crippen LogP contribution in [-0.2, 0) is 11.2 Å². The van der Waals surface area contributed by atoms with Crippen molar-refractivity contribution in [1.29, 1.82) is 0 Å². The molecule has 1 saturated carbocycles. The highest BCUT2D eigenvalue weighted by Gasteiger charge is 2.32. The number of aliphatic hydroxyl groups is 1. The second kappa shape index (κ2) is 9.09. The van der Waals surface area contributed by atoms with Crippen molar-refractivity contribution in [1.82, 2.24) is 10.3 Å². The Labute approximate surface area is 159 Å². The average Bonchev–Trinajstić information content (AvgIpc) is 2.72. The van der Waals surface area contributed by atoms with Gasteiger partial charge in [0.05, 0.1) is 12.5 Å². The van der Waals surface area contributed by atoms with E-state index in [9.17, 15) is 14.3 Å². The van der Waals surface area contributed by atoms with Crippen LogP contribution in [0.25, 0.3) is 0 Å².